The minimum Gasteiger partial charge on any atom is -0.457 e. The molecule has 170 valence electrons. The highest BCUT2D eigenvalue weighted by Crippen LogP contribution is 2.39. The molecule has 0 saturated carbocycles. The first kappa shape index (κ1) is 18.5. The van der Waals surface area contributed by atoms with E-state index in [0.717, 1.165) is 33.3 Å². The zero-order valence-electron chi connectivity index (χ0n) is 20.0. The Morgan fingerprint density at radius 2 is 1.49 bits per heavy atom. The smallest absolute Gasteiger partial charge is 0.257 e. The molecule has 0 saturated heterocycles. The molecule has 0 unspecified atom stereocenters. The maximum atomic E-state index is 6.69. The van der Waals surface area contributed by atoms with E-state index in [1.807, 2.05) is 6.07 Å². The van der Waals surface area contributed by atoms with E-state index in [2.05, 4.69) is 101 Å². The topological polar surface area (TPSA) is 35.9 Å². The molecule has 0 spiro atoms. The number of imidazole rings is 1. The molecule has 0 bridgehead atoms. The lowest BCUT2D eigenvalue weighted by molar-refractivity contribution is 0.671. The van der Waals surface area contributed by atoms with Crippen molar-refractivity contribution < 1.29 is 4.42 Å². The summed E-state index contributed by atoms with van der Waals surface area (Å²) >= 11 is 0. The average molecular weight is 471 g/mol. The van der Waals surface area contributed by atoms with Crippen LogP contribution in [0.2, 0.25) is 0 Å². The van der Waals surface area contributed by atoms with Crippen molar-refractivity contribution in [3.8, 4) is 11.4 Å². The highest BCUT2D eigenvalue weighted by Gasteiger charge is 2.42. The van der Waals surface area contributed by atoms with Crippen molar-refractivity contribution in [3.63, 3.8) is 0 Å². The van der Waals surface area contributed by atoms with E-state index < -0.39 is 0 Å². The molecule has 5 heterocycles. The maximum absolute atomic E-state index is 6.69. The summed E-state index contributed by atoms with van der Waals surface area (Å²) in [6.45, 7) is 2.18. The summed E-state index contributed by atoms with van der Waals surface area (Å²) in [5.74, 6) is 1.00. The predicted molar refractivity (Wildman–Crippen MR) is 152 cm³/mol. The summed E-state index contributed by atoms with van der Waals surface area (Å²) in [5, 5.41) is 4.87. The van der Waals surface area contributed by atoms with E-state index in [9.17, 15) is 0 Å². The summed E-state index contributed by atoms with van der Waals surface area (Å²) in [5.41, 5.74) is 13.0. The molecule has 3 aromatic heterocycles. The van der Waals surface area contributed by atoms with E-state index in [-0.39, 0.29) is 6.71 Å². The number of para-hydroxylation sites is 3. The van der Waals surface area contributed by atoms with E-state index in [1.54, 1.807) is 0 Å². The Morgan fingerprint density at radius 3 is 2.43 bits per heavy atom. The van der Waals surface area contributed by atoms with Gasteiger partial charge in [0.2, 0.25) is 0 Å². The van der Waals surface area contributed by atoms with Crippen molar-refractivity contribution in [3.05, 3.63) is 96.8 Å². The quantitative estimate of drug-likeness (QED) is 0.275. The van der Waals surface area contributed by atoms with Crippen LogP contribution in [0.5, 0.6) is 0 Å². The monoisotopic (exact) mass is 471 g/mol. The molecule has 0 fully saturated rings. The lowest BCUT2D eigenvalue weighted by Crippen LogP contribution is -2.59. The molecule has 0 aliphatic carbocycles. The summed E-state index contributed by atoms with van der Waals surface area (Å²) in [6, 6.07) is 32.9. The van der Waals surface area contributed by atoms with Crippen molar-refractivity contribution >= 4 is 77.9 Å². The Bertz CT molecular complexity index is 2330. The highest BCUT2D eigenvalue weighted by molar-refractivity contribution is 7.01. The standard InChI is InChI=1S/C32H18BN3O/c1-17-34-23-16-21-19-9-3-7-13-27(19)37-32(21)29-31(23)35(17)26-15-14-20-18-8-2-5-11-24(18)36-25-12-6-4-10-22(25)33(29)28(26)30(20)36/h2-16H,1H3. The molecule has 4 nitrogen and oxygen atoms in total. The van der Waals surface area contributed by atoms with Gasteiger partial charge >= 0.3 is 0 Å². The number of nitrogens with zero attached hydrogens (tertiary/aromatic N) is 3. The highest BCUT2D eigenvalue weighted by atomic mass is 16.3. The molecule has 0 N–H and O–H groups in total. The van der Waals surface area contributed by atoms with Gasteiger partial charge in [0.05, 0.1) is 22.1 Å². The maximum Gasteiger partial charge on any atom is 0.257 e. The van der Waals surface area contributed by atoms with E-state index in [1.165, 1.54) is 55.1 Å². The molecule has 5 heteroatoms. The Balaban J connectivity index is 1.53. The van der Waals surface area contributed by atoms with Crippen LogP contribution in [0.3, 0.4) is 0 Å². The second kappa shape index (κ2) is 5.96. The molecule has 10 rings (SSSR count). The fourth-order valence-electron chi connectivity index (χ4n) is 7.32. The fraction of sp³-hybridized carbons (Fsp3) is 0.0312. The third-order valence-corrected chi connectivity index (χ3v) is 8.65. The summed E-state index contributed by atoms with van der Waals surface area (Å²) in [7, 11) is 0. The van der Waals surface area contributed by atoms with Crippen LogP contribution >= 0.6 is 0 Å². The summed E-state index contributed by atoms with van der Waals surface area (Å²) in [4.78, 5) is 5.10. The van der Waals surface area contributed by atoms with E-state index in [4.69, 9.17) is 9.40 Å². The Morgan fingerprint density at radius 1 is 0.676 bits per heavy atom. The Labute approximate surface area is 211 Å². The van der Waals surface area contributed by atoms with Crippen LogP contribution in [-0.4, -0.2) is 20.8 Å². The second-order valence-electron chi connectivity index (χ2n) is 10.4. The van der Waals surface area contributed by atoms with Gasteiger partial charge in [-0.2, -0.15) is 0 Å². The Kier molecular flexibility index (Phi) is 2.98. The third kappa shape index (κ3) is 1.94. The number of furan rings is 1. The number of aromatic nitrogens is 3. The van der Waals surface area contributed by atoms with Gasteiger partial charge in [-0.05, 0) is 53.6 Å². The van der Waals surface area contributed by atoms with Crippen LogP contribution in [0.15, 0.2) is 95.4 Å². The molecule has 2 aliphatic rings. The number of benzene rings is 5. The van der Waals surface area contributed by atoms with Crippen LogP contribution in [0.1, 0.15) is 5.82 Å². The van der Waals surface area contributed by atoms with Crippen molar-refractivity contribution in [2.24, 2.45) is 0 Å². The zero-order valence-corrected chi connectivity index (χ0v) is 20.0. The van der Waals surface area contributed by atoms with Crippen LogP contribution < -0.4 is 16.4 Å². The minimum absolute atomic E-state index is 0.0575. The molecule has 0 amide bonds. The van der Waals surface area contributed by atoms with Gasteiger partial charge < -0.3 is 8.98 Å². The normalized spacial score (nSPS) is 13.5. The van der Waals surface area contributed by atoms with Crippen molar-refractivity contribution in [1.29, 1.82) is 0 Å². The van der Waals surface area contributed by atoms with Gasteiger partial charge in [-0.25, -0.2) is 4.98 Å². The number of fused-ring (bicyclic) bond motifs is 12. The summed E-state index contributed by atoms with van der Waals surface area (Å²) in [6.07, 6.45) is 0. The molecule has 8 aromatic rings. The average Bonchev–Trinajstić information content (AvgIpc) is 3.59. The van der Waals surface area contributed by atoms with Crippen LogP contribution in [0.4, 0.5) is 0 Å². The molecular formula is C32H18BN3O. The van der Waals surface area contributed by atoms with Crippen molar-refractivity contribution in [2.75, 3.05) is 0 Å². The third-order valence-electron chi connectivity index (χ3n) is 8.65. The first-order chi connectivity index (χ1) is 18.3. The largest absolute Gasteiger partial charge is 0.457 e. The molecule has 0 atom stereocenters. The van der Waals surface area contributed by atoms with Gasteiger partial charge in [0.15, 0.2) is 0 Å². The van der Waals surface area contributed by atoms with Crippen molar-refractivity contribution in [2.45, 2.75) is 6.92 Å². The van der Waals surface area contributed by atoms with E-state index >= 15 is 0 Å². The lowest BCUT2D eigenvalue weighted by atomic mass is 9.34. The molecular weight excluding hydrogens is 453 g/mol. The fourth-order valence-corrected chi connectivity index (χ4v) is 7.32. The lowest BCUT2D eigenvalue weighted by Gasteiger charge is -2.32. The van der Waals surface area contributed by atoms with E-state index in [0.29, 0.717) is 0 Å². The number of hydrogen-bond acceptors (Lipinski definition) is 2. The molecule has 37 heavy (non-hydrogen) atoms. The minimum atomic E-state index is 0.0575. The van der Waals surface area contributed by atoms with Gasteiger partial charge in [0, 0.05) is 32.9 Å². The Hall–Kier alpha value is -4.77. The SMILES string of the molecule is Cc1nc2cc3c(oc4ccccc43)c3c2n1-c1ccc2c4ccccc4n4c2c1B3c1ccccc1-4. The predicted octanol–water partition coefficient (Wildman–Crippen LogP) is 5.47. The molecule has 5 aromatic carbocycles. The van der Waals surface area contributed by atoms with Gasteiger partial charge in [0.25, 0.3) is 6.71 Å². The first-order valence-electron chi connectivity index (χ1n) is 12.8. The van der Waals surface area contributed by atoms with Crippen LogP contribution in [-0.2, 0) is 0 Å². The van der Waals surface area contributed by atoms with Crippen LogP contribution in [0.25, 0.3) is 66.2 Å². The number of rotatable bonds is 0. The number of hydrogen-bond donors (Lipinski definition) is 0. The second-order valence-corrected chi connectivity index (χ2v) is 10.4. The first-order valence-corrected chi connectivity index (χ1v) is 12.8. The van der Waals surface area contributed by atoms with Crippen molar-refractivity contribution in [1.82, 2.24) is 14.1 Å². The number of aryl methyl sites for hydroxylation is 1. The van der Waals surface area contributed by atoms with Gasteiger partial charge in [0.1, 0.15) is 17.0 Å². The van der Waals surface area contributed by atoms with Crippen LogP contribution in [0, 0.1) is 6.92 Å². The zero-order chi connectivity index (χ0) is 24.0. The van der Waals surface area contributed by atoms with Gasteiger partial charge in [-0.1, -0.05) is 60.7 Å². The summed E-state index contributed by atoms with van der Waals surface area (Å²) < 4.78 is 11.5. The van der Waals surface area contributed by atoms with Gasteiger partial charge in [-0.3, -0.25) is 4.57 Å². The molecule has 0 radical (unpaired) electrons. The molecule has 2 aliphatic heterocycles. The van der Waals surface area contributed by atoms with Gasteiger partial charge in [-0.15, -0.1) is 0 Å².